The molecule has 1 atom stereocenters. The van der Waals surface area contributed by atoms with Crippen molar-refractivity contribution in [2.75, 3.05) is 6.26 Å². The number of thioether (sulfide) groups is 1. The third-order valence-corrected chi connectivity index (χ3v) is 4.22. The fourth-order valence-electron chi connectivity index (χ4n) is 2.25. The van der Waals surface area contributed by atoms with E-state index in [1.54, 1.807) is 30.0 Å². The molecule has 2 aromatic rings. The van der Waals surface area contributed by atoms with E-state index < -0.39 is 0 Å². The van der Waals surface area contributed by atoms with E-state index in [-0.39, 0.29) is 17.9 Å². The van der Waals surface area contributed by atoms with Gasteiger partial charge in [0, 0.05) is 17.5 Å². The van der Waals surface area contributed by atoms with Crippen LogP contribution in [0.1, 0.15) is 18.1 Å². The van der Waals surface area contributed by atoms with Gasteiger partial charge in [0.25, 0.3) is 0 Å². The monoisotopic (exact) mass is 332 g/mol. The summed E-state index contributed by atoms with van der Waals surface area (Å²) in [6, 6.07) is 14.3. The summed E-state index contributed by atoms with van der Waals surface area (Å²) in [6.07, 6.45) is 2.49. The summed E-state index contributed by atoms with van der Waals surface area (Å²) < 4.78 is 13.6. The molecule has 0 heterocycles. The number of benzene rings is 2. The van der Waals surface area contributed by atoms with Gasteiger partial charge in [-0.2, -0.15) is 0 Å². The Balaban J connectivity index is 1.78. The van der Waals surface area contributed by atoms with E-state index >= 15 is 0 Å². The molecule has 0 aliphatic heterocycles. The van der Waals surface area contributed by atoms with E-state index in [1.807, 2.05) is 37.4 Å². The molecule has 0 spiro atoms. The fourth-order valence-corrected chi connectivity index (χ4v) is 2.65. The van der Waals surface area contributed by atoms with Crippen LogP contribution in [0.5, 0.6) is 0 Å². The highest BCUT2D eigenvalue weighted by Crippen LogP contribution is 2.14. The van der Waals surface area contributed by atoms with Crippen molar-refractivity contribution >= 4 is 17.8 Å². The van der Waals surface area contributed by atoms with Gasteiger partial charge in [-0.3, -0.25) is 0 Å². The van der Waals surface area contributed by atoms with Gasteiger partial charge in [-0.25, -0.2) is 9.18 Å². The highest BCUT2D eigenvalue weighted by molar-refractivity contribution is 7.98. The first kappa shape index (κ1) is 17.3. The molecule has 5 heteroatoms. The van der Waals surface area contributed by atoms with Crippen molar-refractivity contribution in [1.29, 1.82) is 0 Å². The Morgan fingerprint density at radius 2 is 1.87 bits per heavy atom. The summed E-state index contributed by atoms with van der Waals surface area (Å²) in [5.74, 6) is -0.240. The Hall–Kier alpha value is -2.01. The molecule has 2 rings (SSSR count). The van der Waals surface area contributed by atoms with Crippen LogP contribution in [0.3, 0.4) is 0 Å². The van der Waals surface area contributed by atoms with Gasteiger partial charge in [0.15, 0.2) is 0 Å². The summed E-state index contributed by atoms with van der Waals surface area (Å²) in [4.78, 5) is 13.1. The van der Waals surface area contributed by atoms with E-state index in [9.17, 15) is 9.18 Å². The Morgan fingerprint density at radius 1 is 1.17 bits per heavy atom. The van der Waals surface area contributed by atoms with Gasteiger partial charge in [0.1, 0.15) is 5.82 Å². The predicted molar refractivity (Wildman–Crippen MR) is 93.2 cm³/mol. The number of hydrogen-bond acceptors (Lipinski definition) is 2. The van der Waals surface area contributed by atoms with E-state index in [0.29, 0.717) is 18.5 Å². The minimum absolute atomic E-state index is 0.147. The van der Waals surface area contributed by atoms with Crippen LogP contribution >= 0.6 is 11.8 Å². The molecule has 0 saturated heterocycles. The lowest BCUT2D eigenvalue weighted by atomic mass is 10.1. The molecule has 2 N–H and O–H groups in total. The van der Waals surface area contributed by atoms with Gasteiger partial charge in [0.05, 0.1) is 0 Å². The second-order valence-corrected chi connectivity index (χ2v) is 6.25. The molecule has 122 valence electrons. The maximum Gasteiger partial charge on any atom is 0.315 e. The zero-order valence-corrected chi connectivity index (χ0v) is 14.1. The van der Waals surface area contributed by atoms with E-state index in [1.165, 1.54) is 11.0 Å². The van der Waals surface area contributed by atoms with Crippen molar-refractivity contribution in [3.8, 4) is 0 Å². The molecule has 0 saturated carbocycles. The lowest BCUT2D eigenvalue weighted by Crippen LogP contribution is -2.41. The van der Waals surface area contributed by atoms with Crippen molar-refractivity contribution in [2.45, 2.75) is 30.8 Å². The third kappa shape index (κ3) is 5.60. The van der Waals surface area contributed by atoms with Crippen LogP contribution in [0.15, 0.2) is 53.4 Å². The highest BCUT2D eigenvalue weighted by atomic mass is 32.2. The summed E-state index contributed by atoms with van der Waals surface area (Å²) in [7, 11) is 0. The molecule has 2 aromatic carbocycles. The number of halogens is 1. The number of carbonyl (C=O) groups is 1. The van der Waals surface area contributed by atoms with Crippen LogP contribution in [0.4, 0.5) is 9.18 Å². The lowest BCUT2D eigenvalue weighted by Gasteiger charge is -2.15. The summed E-state index contributed by atoms with van der Waals surface area (Å²) in [5, 5.41) is 5.64. The van der Waals surface area contributed by atoms with E-state index in [2.05, 4.69) is 10.6 Å². The van der Waals surface area contributed by atoms with Gasteiger partial charge < -0.3 is 10.6 Å². The van der Waals surface area contributed by atoms with Crippen molar-refractivity contribution in [3.63, 3.8) is 0 Å². The van der Waals surface area contributed by atoms with E-state index in [0.717, 1.165) is 5.56 Å². The fraction of sp³-hybridized carbons (Fsp3) is 0.278. The molecule has 0 aliphatic carbocycles. The largest absolute Gasteiger partial charge is 0.335 e. The van der Waals surface area contributed by atoms with Crippen molar-refractivity contribution in [3.05, 3.63) is 65.5 Å². The first-order valence-corrected chi connectivity index (χ1v) is 8.71. The van der Waals surface area contributed by atoms with Crippen LogP contribution < -0.4 is 10.6 Å². The SMILES string of the molecule is CSc1ccc(CNC(=O)NC(C)Cc2ccccc2F)cc1. The number of rotatable bonds is 6. The van der Waals surface area contributed by atoms with Crippen LogP contribution in [-0.2, 0) is 13.0 Å². The molecule has 0 radical (unpaired) electrons. The number of nitrogens with one attached hydrogen (secondary N) is 2. The normalized spacial score (nSPS) is 11.8. The zero-order valence-electron chi connectivity index (χ0n) is 13.3. The third-order valence-electron chi connectivity index (χ3n) is 3.47. The van der Waals surface area contributed by atoms with E-state index in [4.69, 9.17) is 0 Å². The summed E-state index contributed by atoms with van der Waals surface area (Å²) in [5.41, 5.74) is 1.65. The minimum atomic E-state index is -0.247. The maximum atomic E-state index is 13.6. The van der Waals surface area contributed by atoms with Gasteiger partial charge in [-0.05, 0) is 48.9 Å². The average Bonchev–Trinajstić information content (AvgIpc) is 2.55. The van der Waals surface area contributed by atoms with Crippen LogP contribution in [0.25, 0.3) is 0 Å². The number of hydrogen-bond donors (Lipinski definition) is 2. The molecule has 0 aromatic heterocycles. The molecular formula is C18H21FN2OS. The first-order chi connectivity index (χ1) is 11.1. The second kappa shape index (κ2) is 8.58. The number of urea groups is 1. The first-order valence-electron chi connectivity index (χ1n) is 7.49. The second-order valence-electron chi connectivity index (χ2n) is 5.37. The molecule has 3 nitrogen and oxygen atoms in total. The quantitative estimate of drug-likeness (QED) is 0.786. The highest BCUT2D eigenvalue weighted by Gasteiger charge is 2.10. The van der Waals surface area contributed by atoms with Crippen molar-refractivity contribution < 1.29 is 9.18 Å². The van der Waals surface area contributed by atoms with Gasteiger partial charge in [-0.1, -0.05) is 30.3 Å². The lowest BCUT2D eigenvalue weighted by molar-refractivity contribution is 0.237. The van der Waals surface area contributed by atoms with Gasteiger partial charge in [-0.15, -0.1) is 11.8 Å². The average molecular weight is 332 g/mol. The van der Waals surface area contributed by atoms with Gasteiger partial charge >= 0.3 is 6.03 Å². The van der Waals surface area contributed by atoms with Crippen molar-refractivity contribution in [2.24, 2.45) is 0 Å². The smallest absolute Gasteiger partial charge is 0.315 e. The molecule has 1 unspecified atom stereocenters. The van der Waals surface area contributed by atoms with Crippen molar-refractivity contribution in [1.82, 2.24) is 10.6 Å². The Morgan fingerprint density at radius 3 is 2.52 bits per heavy atom. The number of carbonyl (C=O) groups excluding carboxylic acids is 1. The molecule has 0 fully saturated rings. The number of amides is 2. The maximum absolute atomic E-state index is 13.6. The van der Waals surface area contributed by atoms with Gasteiger partial charge in [0.2, 0.25) is 0 Å². The molecule has 0 aliphatic rings. The zero-order chi connectivity index (χ0) is 16.7. The molecule has 0 bridgehead atoms. The molecule has 23 heavy (non-hydrogen) atoms. The summed E-state index contributed by atoms with van der Waals surface area (Å²) >= 11 is 1.68. The Kier molecular flexibility index (Phi) is 6.47. The van der Waals surface area contributed by atoms with Crippen LogP contribution in [0.2, 0.25) is 0 Å². The Labute approximate surface area is 140 Å². The summed E-state index contributed by atoms with van der Waals surface area (Å²) in [6.45, 7) is 2.33. The Bertz CT molecular complexity index is 646. The standard InChI is InChI=1S/C18H21FN2OS/c1-13(11-15-5-3-4-6-17(15)19)21-18(22)20-12-14-7-9-16(23-2)10-8-14/h3-10,13H,11-12H2,1-2H3,(H2,20,21,22). The molecule has 2 amide bonds. The van der Waals surface area contributed by atoms with Crippen LogP contribution in [-0.4, -0.2) is 18.3 Å². The predicted octanol–water partition coefficient (Wildman–Crippen LogP) is 3.98. The minimum Gasteiger partial charge on any atom is -0.335 e. The van der Waals surface area contributed by atoms with Crippen LogP contribution in [0, 0.1) is 5.82 Å². The molecular weight excluding hydrogens is 311 g/mol. The topological polar surface area (TPSA) is 41.1 Å².